The number of hydrogen-bond donors (Lipinski definition) is 0. The normalized spacial score (nSPS) is 9.71. The molecule has 3 aromatic rings. The number of benzene rings is 2. The van der Waals surface area contributed by atoms with Gasteiger partial charge in [-0.3, -0.25) is 0 Å². The van der Waals surface area contributed by atoms with Gasteiger partial charge < -0.3 is 21.4 Å². The summed E-state index contributed by atoms with van der Waals surface area (Å²) in [5.41, 5.74) is 3.93. The molecule has 0 bridgehead atoms. The fourth-order valence-corrected chi connectivity index (χ4v) is 2.11. The van der Waals surface area contributed by atoms with Gasteiger partial charge in [-0.15, -0.1) is 8.07 Å². The first-order valence-electron chi connectivity index (χ1n) is 7.41. The predicted molar refractivity (Wildman–Crippen MR) is 111 cm³/mol. The molecule has 0 aliphatic heterocycles. The Kier molecular flexibility index (Phi) is 11.3. The van der Waals surface area contributed by atoms with Crippen molar-refractivity contribution in [3.05, 3.63) is 87.6 Å². The summed E-state index contributed by atoms with van der Waals surface area (Å²) in [5.74, 6) is 0. The molecule has 0 spiro atoms. The molecule has 0 fully saturated rings. The minimum absolute atomic E-state index is 0. The Balaban J connectivity index is 0. The van der Waals surface area contributed by atoms with Gasteiger partial charge in [-0.25, -0.2) is 6.07 Å². The number of aryl methyl sites for hydroxylation is 1. The second-order valence-corrected chi connectivity index (χ2v) is 11.9. The predicted octanol–water partition coefficient (Wildman–Crippen LogP) is 7.13. The Labute approximate surface area is 165 Å². The zero-order valence-corrected chi connectivity index (χ0v) is 19.1. The Morgan fingerprint density at radius 3 is 1.88 bits per heavy atom. The van der Waals surface area contributed by atoms with Gasteiger partial charge in [0.2, 0.25) is 0 Å². The van der Waals surface area contributed by atoms with E-state index in [1.165, 1.54) is 27.5 Å². The Morgan fingerprint density at radius 2 is 1.38 bits per heavy atom. The van der Waals surface area contributed by atoms with Crippen LogP contribution in [0.5, 0.6) is 0 Å². The summed E-state index contributed by atoms with van der Waals surface area (Å²) in [4.78, 5) is 0. The molecule has 0 aromatic heterocycles. The summed E-state index contributed by atoms with van der Waals surface area (Å²) in [6.45, 7) is 12.7. The van der Waals surface area contributed by atoms with Crippen LogP contribution in [0, 0.1) is 28.3 Å². The van der Waals surface area contributed by atoms with Crippen molar-refractivity contribution in [1.29, 1.82) is 0 Å². The van der Waals surface area contributed by atoms with Gasteiger partial charge in [0, 0.05) is 0 Å². The first-order chi connectivity index (χ1) is 9.83. The third kappa shape index (κ3) is 8.17. The van der Waals surface area contributed by atoms with Crippen molar-refractivity contribution in [1.82, 2.24) is 0 Å². The molecule has 0 aliphatic rings. The Morgan fingerprint density at radius 1 is 0.833 bits per heavy atom. The van der Waals surface area contributed by atoms with Gasteiger partial charge >= 0.3 is 21.1 Å². The number of fused-ring (bicyclic) bond motifs is 1. The number of hydrogen-bond acceptors (Lipinski definition) is 0. The van der Waals surface area contributed by atoms with Crippen LogP contribution >= 0.6 is 0 Å². The average molecular weight is 518 g/mol. The van der Waals surface area contributed by atoms with Gasteiger partial charge in [0.15, 0.2) is 0 Å². The molecule has 0 nitrogen and oxygen atoms in total. The van der Waals surface area contributed by atoms with Crippen LogP contribution in [-0.2, 0) is 21.1 Å². The van der Waals surface area contributed by atoms with Crippen LogP contribution in [0.1, 0.15) is 5.56 Å². The first-order valence-corrected chi connectivity index (χ1v) is 11.1. The maximum absolute atomic E-state index is 3.91. The smallest absolute Gasteiger partial charge is 0.358 e. The molecule has 0 heterocycles. The van der Waals surface area contributed by atoms with Crippen LogP contribution in [0.25, 0.3) is 21.9 Å². The fourth-order valence-electron chi connectivity index (χ4n) is 2.11. The first kappa shape index (κ1) is 25.2. The maximum Gasteiger partial charge on any atom is 4.00 e. The summed E-state index contributed by atoms with van der Waals surface area (Å²) >= 11 is 0. The third-order valence-electron chi connectivity index (χ3n) is 2.99. The molecule has 132 valence electrons. The van der Waals surface area contributed by atoms with Gasteiger partial charge in [0.1, 0.15) is 0 Å². The van der Waals surface area contributed by atoms with Crippen molar-refractivity contribution in [3.8, 4) is 11.1 Å². The zero-order valence-electron chi connectivity index (χ0n) is 15.8. The van der Waals surface area contributed by atoms with Crippen LogP contribution in [0.2, 0.25) is 19.6 Å². The van der Waals surface area contributed by atoms with E-state index in [9.17, 15) is 0 Å². The molecular formula is C22H30PtSi. The summed E-state index contributed by atoms with van der Waals surface area (Å²) in [5, 5.41) is 2.60. The minimum Gasteiger partial charge on any atom is -0.358 e. The molecule has 0 atom stereocenters. The van der Waals surface area contributed by atoms with E-state index in [0.29, 0.717) is 0 Å². The van der Waals surface area contributed by atoms with Crippen LogP contribution < -0.4 is 0 Å². The molecule has 2 heteroatoms. The topological polar surface area (TPSA) is 0 Å². The van der Waals surface area contributed by atoms with Gasteiger partial charge in [-0.2, -0.15) is 23.3 Å². The van der Waals surface area contributed by atoms with E-state index in [-0.39, 0.29) is 35.9 Å². The van der Waals surface area contributed by atoms with E-state index in [0.717, 1.165) is 0 Å². The Bertz CT molecular complexity index is 714. The molecule has 24 heavy (non-hydrogen) atoms. The molecule has 0 N–H and O–H groups in total. The standard InChI is InChI=1S/C16H13.C4H11Si.2CH3.Pt/c1-12-6-7-15(10-12)16-9-8-13-4-2-3-5-14(13)11-16;1-5(2,3)4;;;/h2-11H,1H3;1H2,2-4H3;2*1H3;/q4*-1;+4. The molecule has 0 radical (unpaired) electrons. The van der Waals surface area contributed by atoms with Crippen molar-refractivity contribution >= 4 is 18.8 Å². The largest absolute Gasteiger partial charge is 4.00 e. The molecule has 0 saturated carbocycles. The second-order valence-electron chi connectivity index (χ2n) is 6.80. The van der Waals surface area contributed by atoms with E-state index < -0.39 is 8.07 Å². The van der Waals surface area contributed by atoms with Crippen molar-refractivity contribution in [2.45, 2.75) is 26.6 Å². The molecular weight excluding hydrogens is 487 g/mol. The summed E-state index contributed by atoms with van der Waals surface area (Å²) in [7, 11) is -0.861. The summed E-state index contributed by atoms with van der Waals surface area (Å²) < 4.78 is 0. The summed E-state index contributed by atoms with van der Waals surface area (Å²) in [6.07, 6.45) is 0. The quantitative estimate of drug-likeness (QED) is 0.238. The SMILES string of the molecule is C[c-]1ccc(-c2ccc3ccccc3c2)c1.[CH2-][Si](C)(C)C.[CH3-].[CH3-].[Pt+4]. The van der Waals surface area contributed by atoms with E-state index in [1.54, 1.807) is 0 Å². The van der Waals surface area contributed by atoms with E-state index in [4.69, 9.17) is 0 Å². The van der Waals surface area contributed by atoms with Crippen LogP contribution in [0.15, 0.2) is 60.7 Å². The zero-order chi connectivity index (χ0) is 15.5. The van der Waals surface area contributed by atoms with Crippen molar-refractivity contribution in [2.24, 2.45) is 0 Å². The van der Waals surface area contributed by atoms with E-state index >= 15 is 0 Å². The van der Waals surface area contributed by atoms with Gasteiger partial charge in [0.05, 0.1) is 0 Å². The van der Waals surface area contributed by atoms with Gasteiger partial charge in [0.25, 0.3) is 0 Å². The van der Waals surface area contributed by atoms with Gasteiger partial charge in [-0.05, 0) is 10.8 Å². The summed E-state index contributed by atoms with van der Waals surface area (Å²) in [6, 6.07) is 21.7. The third-order valence-corrected chi connectivity index (χ3v) is 2.99. The minimum atomic E-state index is -0.861. The maximum atomic E-state index is 3.91. The van der Waals surface area contributed by atoms with Crippen LogP contribution in [0.4, 0.5) is 0 Å². The molecule has 0 amide bonds. The second kappa shape index (κ2) is 10.7. The van der Waals surface area contributed by atoms with E-state index in [2.05, 4.69) is 93.8 Å². The van der Waals surface area contributed by atoms with Crippen molar-refractivity contribution < 1.29 is 21.1 Å². The molecule has 0 unspecified atom stereocenters. The number of rotatable bonds is 1. The molecule has 0 aliphatic carbocycles. The van der Waals surface area contributed by atoms with E-state index in [1.807, 2.05) is 0 Å². The Hall–Kier alpha value is -1.04. The monoisotopic (exact) mass is 517 g/mol. The molecule has 3 rings (SSSR count). The fraction of sp³-hybridized carbons (Fsp3) is 0.182. The van der Waals surface area contributed by atoms with Crippen molar-refractivity contribution in [3.63, 3.8) is 0 Å². The average Bonchev–Trinajstić information content (AvgIpc) is 2.83. The van der Waals surface area contributed by atoms with Crippen molar-refractivity contribution in [2.75, 3.05) is 0 Å². The van der Waals surface area contributed by atoms with Crippen LogP contribution in [0.3, 0.4) is 0 Å². The van der Waals surface area contributed by atoms with Crippen LogP contribution in [-0.4, -0.2) is 8.07 Å². The molecule has 3 aromatic carbocycles. The van der Waals surface area contributed by atoms with Gasteiger partial charge in [-0.1, -0.05) is 74.6 Å². The molecule has 0 saturated heterocycles.